The third-order valence-electron chi connectivity index (χ3n) is 6.12. The highest BCUT2D eigenvalue weighted by molar-refractivity contribution is 5.98. The Hall–Kier alpha value is -1.83. The van der Waals surface area contributed by atoms with E-state index in [1.54, 1.807) is 0 Å². The van der Waals surface area contributed by atoms with Crippen LogP contribution in [0.4, 0.5) is 0 Å². The number of carbonyl (C=O) groups is 1. The molecule has 28 heavy (non-hydrogen) atoms. The number of rotatable bonds is 5. The Labute approximate surface area is 170 Å². The van der Waals surface area contributed by atoms with E-state index in [1.165, 1.54) is 24.0 Å². The van der Waals surface area contributed by atoms with Crippen molar-refractivity contribution in [3.63, 3.8) is 0 Å². The lowest BCUT2D eigenvalue weighted by Crippen LogP contribution is -2.18. The van der Waals surface area contributed by atoms with E-state index in [1.807, 2.05) is 0 Å². The van der Waals surface area contributed by atoms with Gasteiger partial charge in [-0.25, -0.2) is 0 Å². The van der Waals surface area contributed by atoms with E-state index in [4.69, 9.17) is 0 Å². The average molecular weight is 381 g/mol. The number of Topliss-reactive ketones (excluding diaryl/α,β-unsaturated/α-hetero) is 1. The molecule has 0 radical (unpaired) electrons. The molecule has 2 heteroatoms. The summed E-state index contributed by atoms with van der Waals surface area (Å²) in [6, 6.07) is 4.20. The van der Waals surface area contributed by atoms with Gasteiger partial charge in [-0.05, 0) is 71.6 Å². The summed E-state index contributed by atoms with van der Waals surface area (Å²) in [4.78, 5) is 12.9. The number of phenols is 1. The quantitative estimate of drug-likeness (QED) is 0.629. The van der Waals surface area contributed by atoms with Gasteiger partial charge in [-0.1, -0.05) is 65.3 Å². The first kappa shape index (κ1) is 20.9. The molecule has 1 aromatic rings. The summed E-state index contributed by atoms with van der Waals surface area (Å²) >= 11 is 0. The van der Waals surface area contributed by atoms with Gasteiger partial charge in [0.1, 0.15) is 5.75 Å². The second-order valence-electron chi connectivity index (χ2n) is 10.8. The SMILES string of the molecule is CC1=C(C(=O)CCc2cc(C(C)(C)C)c(O)c(C(C)(C)C)c2)CC(C2CC2)=C1. The lowest BCUT2D eigenvalue weighted by atomic mass is 9.78. The summed E-state index contributed by atoms with van der Waals surface area (Å²) < 4.78 is 0. The minimum atomic E-state index is -0.141. The van der Waals surface area contributed by atoms with E-state index in [-0.39, 0.29) is 16.6 Å². The Morgan fingerprint density at radius 3 is 2.04 bits per heavy atom. The molecule has 1 N–H and O–H groups in total. The fourth-order valence-electron chi connectivity index (χ4n) is 4.19. The van der Waals surface area contributed by atoms with Gasteiger partial charge < -0.3 is 5.11 Å². The molecule has 0 bridgehead atoms. The normalized spacial score (nSPS) is 17.9. The monoisotopic (exact) mass is 380 g/mol. The molecule has 152 valence electrons. The number of ketones is 1. The Balaban J connectivity index is 1.79. The van der Waals surface area contributed by atoms with Gasteiger partial charge in [-0.15, -0.1) is 0 Å². The third-order valence-corrected chi connectivity index (χ3v) is 6.12. The Bertz CT molecular complexity index is 814. The first-order valence-electron chi connectivity index (χ1n) is 10.7. The molecule has 3 rings (SSSR count). The molecule has 2 aliphatic rings. The van der Waals surface area contributed by atoms with Crippen molar-refractivity contribution < 1.29 is 9.90 Å². The van der Waals surface area contributed by atoms with Gasteiger partial charge in [-0.2, -0.15) is 0 Å². The molecular weight excluding hydrogens is 344 g/mol. The van der Waals surface area contributed by atoms with Crippen LogP contribution in [0.5, 0.6) is 5.75 Å². The van der Waals surface area contributed by atoms with Crippen LogP contribution in [0.2, 0.25) is 0 Å². The molecule has 0 aromatic heterocycles. The molecule has 0 amide bonds. The number of hydrogen-bond donors (Lipinski definition) is 1. The number of aryl methyl sites for hydroxylation is 1. The van der Waals surface area contributed by atoms with Crippen molar-refractivity contribution in [2.24, 2.45) is 5.92 Å². The highest BCUT2D eigenvalue weighted by Crippen LogP contribution is 2.44. The van der Waals surface area contributed by atoms with Gasteiger partial charge in [0.05, 0.1) is 0 Å². The number of allylic oxidation sites excluding steroid dienone is 4. The van der Waals surface area contributed by atoms with Gasteiger partial charge in [0.25, 0.3) is 0 Å². The molecule has 0 aliphatic heterocycles. The summed E-state index contributed by atoms with van der Waals surface area (Å²) in [7, 11) is 0. The van der Waals surface area contributed by atoms with Crippen molar-refractivity contribution in [2.45, 2.75) is 91.4 Å². The van der Waals surface area contributed by atoms with Crippen LogP contribution < -0.4 is 0 Å². The van der Waals surface area contributed by atoms with Crippen LogP contribution >= 0.6 is 0 Å². The maximum Gasteiger partial charge on any atom is 0.159 e. The number of aromatic hydroxyl groups is 1. The first-order chi connectivity index (χ1) is 12.9. The smallest absolute Gasteiger partial charge is 0.159 e. The number of carbonyl (C=O) groups excluding carboxylic acids is 1. The lowest BCUT2D eigenvalue weighted by Gasteiger charge is -2.28. The molecule has 0 saturated heterocycles. The second-order valence-corrected chi connectivity index (χ2v) is 10.8. The Kier molecular flexibility index (Phi) is 5.38. The van der Waals surface area contributed by atoms with Gasteiger partial charge >= 0.3 is 0 Å². The summed E-state index contributed by atoms with van der Waals surface area (Å²) in [6.45, 7) is 14.8. The van der Waals surface area contributed by atoms with Crippen LogP contribution in [0.1, 0.15) is 90.8 Å². The van der Waals surface area contributed by atoms with Crippen molar-refractivity contribution in [1.82, 2.24) is 0 Å². The molecule has 0 heterocycles. The van der Waals surface area contributed by atoms with E-state index in [0.717, 1.165) is 41.0 Å². The summed E-state index contributed by atoms with van der Waals surface area (Å²) in [5, 5.41) is 10.9. The van der Waals surface area contributed by atoms with E-state index >= 15 is 0 Å². The molecular formula is C26H36O2. The van der Waals surface area contributed by atoms with E-state index in [0.29, 0.717) is 12.2 Å². The largest absolute Gasteiger partial charge is 0.507 e. The predicted molar refractivity (Wildman–Crippen MR) is 117 cm³/mol. The molecule has 0 spiro atoms. The second kappa shape index (κ2) is 7.21. The van der Waals surface area contributed by atoms with Gasteiger partial charge in [0.2, 0.25) is 0 Å². The van der Waals surface area contributed by atoms with E-state index in [9.17, 15) is 9.90 Å². The number of benzene rings is 1. The summed E-state index contributed by atoms with van der Waals surface area (Å²) in [5.74, 6) is 1.43. The van der Waals surface area contributed by atoms with Gasteiger partial charge in [0, 0.05) is 12.0 Å². The third kappa shape index (κ3) is 4.42. The van der Waals surface area contributed by atoms with Crippen molar-refractivity contribution in [3.05, 3.63) is 51.6 Å². The molecule has 2 aliphatic carbocycles. The average Bonchev–Trinajstić information content (AvgIpc) is 3.34. The van der Waals surface area contributed by atoms with E-state index in [2.05, 4.69) is 66.7 Å². The number of hydrogen-bond acceptors (Lipinski definition) is 2. The van der Waals surface area contributed by atoms with Crippen molar-refractivity contribution in [3.8, 4) is 5.75 Å². The molecule has 1 fully saturated rings. The molecule has 0 unspecified atom stereocenters. The summed E-state index contributed by atoms with van der Waals surface area (Å²) in [5.41, 5.74) is 6.46. The van der Waals surface area contributed by atoms with Crippen LogP contribution in [-0.2, 0) is 22.0 Å². The van der Waals surface area contributed by atoms with Crippen LogP contribution in [0.3, 0.4) is 0 Å². The topological polar surface area (TPSA) is 37.3 Å². The van der Waals surface area contributed by atoms with Crippen LogP contribution in [0.15, 0.2) is 34.9 Å². The van der Waals surface area contributed by atoms with Crippen LogP contribution in [0, 0.1) is 5.92 Å². The predicted octanol–water partition coefficient (Wildman–Crippen LogP) is 6.55. The minimum Gasteiger partial charge on any atom is -0.507 e. The fraction of sp³-hybridized carbons (Fsp3) is 0.577. The molecule has 0 atom stereocenters. The molecule has 1 saturated carbocycles. The fourth-order valence-corrected chi connectivity index (χ4v) is 4.19. The molecule has 2 nitrogen and oxygen atoms in total. The number of phenolic OH excluding ortho intramolecular Hbond substituents is 1. The Morgan fingerprint density at radius 2 is 1.57 bits per heavy atom. The minimum absolute atomic E-state index is 0.141. The zero-order valence-electron chi connectivity index (χ0n) is 18.7. The van der Waals surface area contributed by atoms with Crippen LogP contribution in [-0.4, -0.2) is 10.9 Å². The first-order valence-corrected chi connectivity index (χ1v) is 10.7. The zero-order valence-corrected chi connectivity index (χ0v) is 18.7. The summed E-state index contributed by atoms with van der Waals surface area (Å²) in [6.07, 6.45) is 6.96. The lowest BCUT2D eigenvalue weighted by molar-refractivity contribution is -0.115. The standard InChI is InChI=1S/C26H36O2/c1-16-12-19(18-9-10-18)15-20(16)23(27)11-8-17-13-21(25(2,3)4)24(28)22(14-17)26(5,6)7/h12-14,18,28H,8-11,15H2,1-7H3. The van der Waals surface area contributed by atoms with Crippen molar-refractivity contribution >= 4 is 5.78 Å². The Morgan fingerprint density at radius 1 is 1.04 bits per heavy atom. The highest BCUT2D eigenvalue weighted by atomic mass is 16.3. The van der Waals surface area contributed by atoms with E-state index < -0.39 is 0 Å². The van der Waals surface area contributed by atoms with Crippen molar-refractivity contribution in [1.29, 1.82) is 0 Å². The molecule has 1 aromatic carbocycles. The zero-order chi connectivity index (χ0) is 20.9. The van der Waals surface area contributed by atoms with Crippen LogP contribution in [0.25, 0.3) is 0 Å². The highest BCUT2D eigenvalue weighted by Gasteiger charge is 2.31. The van der Waals surface area contributed by atoms with Gasteiger partial charge in [0.15, 0.2) is 5.78 Å². The maximum absolute atomic E-state index is 12.9. The van der Waals surface area contributed by atoms with Gasteiger partial charge in [-0.3, -0.25) is 4.79 Å². The maximum atomic E-state index is 12.9. The van der Waals surface area contributed by atoms with Crippen molar-refractivity contribution in [2.75, 3.05) is 0 Å².